The SMILES string of the molecule is Cc1noc(C)c1COc1cccn(CCCO)c1=O. The molecule has 0 saturated carbocycles. The van der Waals surface area contributed by atoms with Gasteiger partial charge in [-0.15, -0.1) is 0 Å². The van der Waals surface area contributed by atoms with Gasteiger partial charge in [0.1, 0.15) is 12.4 Å². The molecule has 0 fully saturated rings. The fourth-order valence-corrected chi connectivity index (χ4v) is 1.90. The van der Waals surface area contributed by atoms with Crippen molar-refractivity contribution in [2.45, 2.75) is 33.4 Å². The maximum absolute atomic E-state index is 12.1. The molecule has 108 valence electrons. The van der Waals surface area contributed by atoms with Gasteiger partial charge in [0.2, 0.25) is 0 Å². The molecular formula is C14H18N2O4. The van der Waals surface area contributed by atoms with Crippen molar-refractivity contribution in [1.29, 1.82) is 0 Å². The molecule has 6 nitrogen and oxygen atoms in total. The van der Waals surface area contributed by atoms with Gasteiger partial charge >= 0.3 is 0 Å². The Hall–Kier alpha value is -2.08. The monoisotopic (exact) mass is 278 g/mol. The molecule has 0 saturated heterocycles. The summed E-state index contributed by atoms with van der Waals surface area (Å²) in [6.07, 6.45) is 2.22. The Bertz CT molecular complexity index is 611. The molecule has 0 aromatic carbocycles. The maximum atomic E-state index is 12.1. The third-order valence-corrected chi connectivity index (χ3v) is 3.10. The average Bonchev–Trinajstić information content (AvgIpc) is 2.76. The minimum Gasteiger partial charge on any atom is -0.483 e. The molecule has 2 heterocycles. The number of aliphatic hydroxyl groups is 1. The summed E-state index contributed by atoms with van der Waals surface area (Å²) < 4.78 is 12.1. The molecule has 0 atom stereocenters. The van der Waals surface area contributed by atoms with E-state index in [4.69, 9.17) is 14.4 Å². The van der Waals surface area contributed by atoms with E-state index in [-0.39, 0.29) is 24.5 Å². The number of nitrogens with zero attached hydrogens (tertiary/aromatic N) is 2. The van der Waals surface area contributed by atoms with Gasteiger partial charge in [-0.1, -0.05) is 5.16 Å². The summed E-state index contributed by atoms with van der Waals surface area (Å²) in [5.74, 6) is 0.976. The van der Waals surface area contributed by atoms with Gasteiger partial charge < -0.3 is 18.9 Å². The lowest BCUT2D eigenvalue weighted by Gasteiger charge is -2.08. The molecule has 2 rings (SSSR count). The van der Waals surface area contributed by atoms with E-state index in [1.807, 2.05) is 13.8 Å². The van der Waals surface area contributed by atoms with Gasteiger partial charge in [-0.05, 0) is 32.4 Å². The van der Waals surface area contributed by atoms with Crippen LogP contribution in [0.1, 0.15) is 23.4 Å². The van der Waals surface area contributed by atoms with Gasteiger partial charge in [0.05, 0.1) is 11.3 Å². The Morgan fingerprint density at radius 2 is 2.25 bits per heavy atom. The van der Waals surface area contributed by atoms with Crippen molar-refractivity contribution in [2.24, 2.45) is 0 Å². The second-order valence-corrected chi connectivity index (χ2v) is 4.54. The number of ether oxygens (including phenoxy) is 1. The van der Waals surface area contributed by atoms with Crippen molar-refractivity contribution < 1.29 is 14.4 Å². The molecule has 0 bridgehead atoms. The highest BCUT2D eigenvalue weighted by molar-refractivity contribution is 5.22. The molecule has 2 aromatic rings. The van der Waals surface area contributed by atoms with Crippen molar-refractivity contribution in [2.75, 3.05) is 6.61 Å². The summed E-state index contributed by atoms with van der Waals surface area (Å²) in [6.45, 7) is 4.41. The standard InChI is InChI=1S/C14H18N2O4/c1-10-12(11(2)20-15-10)9-19-13-5-3-6-16(14(13)18)7-4-8-17/h3,5-6,17H,4,7-9H2,1-2H3. The van der Waals surface area contributed by atoms with Crippen LogP contribution in [0.4, 0.5) is 0 Å². The van der Waals surface area contributed by atoms with Crippen LogP contribution in [-0.4, -0.2) is 21.4 Å². The van der Waals surface area contributed by atoms with Gasteiger partial charge in [-0.25, -0.2) is 0 Å². The van der Waals surface area contributed by atoms with Crippen LogP contribution in [0, 0.1) is 13.8 Å². The molecule has 1 N–H and O–H groups in total. The summed E-state index contributed by atoms with van der Waals surface area (Å²) in [6, 6.07) is 3.39. The molecule has 6 heteroatoms. The number of hydrogen-bond acceptors (Lipinski definition) is 5. The normalized spacial score (nSPS) is 10.8. The van der Waals surface area contributed by atoms with Gasteiger partial charge in [0, 0.05) is 19.3 Å². The smallest absolute Gasteiger partial charge is 0.292 e. The zero-order valence-electron chi connectivity index (χ0n) is 11.6. The molecule has 0 radical (unpaired) electrons. The number of aliphatic hydroxyl groups excluding tert-OH is 1. The van der Waals surface area contributed by atoms with Gasteiger partial charge in [-0.3, -0.25) is 4.79 Å². The molecule has 2 aromatic heterocycles. The van der Waals surface area contributed by atoms with E-state index in [0.717, 1.165) is 11.3 Å². The first-order chi connectivity index (χ1) is 9.63. The summed E-state index contributed by atoms with van der Waals surface area (Å²) in [5, 5.41) is 12.7. The van der Waals surface area contributed by atoms with Crippen LogP contribution in [0.3, 0.4) is 0 Å². The lowest BCUT2D eigenvalue weighted by molar-refractivity contribution is 0.275. The van der Waals surface area contributed by atoms with E-state index in [9.17, 15) is 4.79 Å². The summed E-state index contributed by atoms with van der Waals surface area (Å²) in [4.78, 5) is 12.1. The van der Waals surface area contributed by atoms with Crippen LogP contribution in [0.5, 0.6) is 5.75 Å². The lowest BCUT2D eigenvalue weighted by Crippen LogP contribution is -2.21. The fourth-order valence-electron chi connectivity index (χ4n) is 1.90. The quantitative estimate of drug-likeness (QED) is 0.864. The highest BCUT2D eigenvalue weighted by atomic mass is 16.5. The largest absolute Gasteiger partial charge is 0.483 e. The first-order valence-corrected chi connectivity index (χ1v) is 6.48. The summed E-state index contributed by atoms with van der Waals surface area (Å²) >= 11 is 0. The van der Waals surface area contributed by atoms with Crippen molar-refractivity contribution >= 4 is 0 Å². The Morgan fingerprint density at radius 1 is 1.45 bits per heavy atom. The Labute approximate surface area is 116 Å². The third-order valence-electron chi connectivity index (χ3n) is 3.10. The van der Waals surface area contributed by atoms with E-state index in [0.29, 0.717) is 18.7 Å². The third kappa shape index (κ3) is 3.08. The van der Waals surface area contributed by atoms with Crippen molar-refractivity contribution in [1.82, 2.24) is 9.72 Å². The Morgan fingerprint density at radius 3 is 2.90 bits per heavy atom. The highest BCUT2D eigenvalue weighted by Crippen LogP contribution is 2.14. The van der Waals surface area contributed by atoms with Crippen LogP contribution in [0.2, 0.25) is 0 Å². The number of hydrogen-bond donors (Lipinski definition) is 1. The van der Waals surface area contributed by atoms with E-state index in [1.165, 1.54) is 4.57 Å². The summed E-state index contributed by atoms with van der Waals surface area (Å²) in [5.41, 5.74) is 1.42. The minimum absolute atomic E-state index is 0.0522. The van der Waals surface area contributed by atoms with Crippen LogP contribution < -0.4 is 10.3 Å². The van der Waals surface area contributed by atoms with Crippen molar-refractivity contribution in [3.05, 3.63) is 45.7 Å². The lowest BCUT2D eigenvalue weighted by atomic mass is 10.2. The van der Waals surface area contributed by atoms with Crippen molar-refractivity contribution in [3.63, 3.8) is 0 Å². The average molecular weight is 278 g/mol. The number of aromatic nitrogens is 2. The molecule has 0 unspecified atom stereocenters. The summed E-state index contributed by atoms with van der Waals surface area (Å²) in [7, 11) is 0. The highest BCUT2D eigenvalue weighted by Gasteiger charge is 2.11. The van der Waals surface area contributed by atoms with Gasteiger partial charge in [0.25, 0.3) is 5.56 Å². The molecule has 0 aliphatic heterocycles. The maximum Gasteiger partial charge on any atom is 0.292 e. The van der Waals surface area contributed by atoms with Crippen LogP contribution in [-0.2, 0) is 13.2 Å². The van der Waals surface area contributed by atoms with E-state index in [1.54, 1.807) is 18.3 Å². The van der Waals surface area contributed by atoms with Gasteiger partial charge in [0.15, 0.2) is 5.75 Å². The van der Waals surface area contributed by atoms with E-state index >= 15 is 0 Å². The minimum atomic E-state index is -0.201. The molecule has 0 aliphatic rings. The zero-order chi connectivity index (χ0) is 14.5. The second kappa shape index (κ2) is 6.38. The molecule has 0 spiro atoms. The Kier molecular flexibility index (Phi) is 4.57. The Balaban J connectivity index is 2.12. The fraction of sp³-hybridized carbons (Fsp3) is 0.429. The molecule has 20 heavy (non-hydrogen) atoms. The zero-order valence-corrected chi connectivity index (χ0v) is 11.6. The second-order valence-electron chi connectivity index (χ2n) is 4.54. The predicted octanol–water partition coefficient (Wildman–Crippen LogP) is 1.41. The number of rotatable bonds is 6. The predicted molar refractivity (Wildman–Crippen MR) is 72.7 cm³/mol. The van der Waals surface area contributed by atoms with Gasteiger partial charge in [-0.2, -0.15) is 0 Å². The van der Waals surface area contributed by atoms with Crippen molar-refractivity contribution in [3.8, 4) is 5.75 Å². The molecule has 0 amide bonds. The van der Waals surface area contributed by atoms with Crippen LogP contribution in [0.25, 0.3) is 0 Å². The molecular weight excluding hydrogens is 260 g/mol. The first kappa shape index (κ1) is 14.3. The first-order valence-electron chi connectivity index (χ1n) is 6.48. The number of aryl methyl sites for hydroxylation is 3. The molecule has 0 aliphatic carbocycles. The number of pyridine rings is 1. The topological polar surface area (TPSA) is 77.5 Å². The van der Waals surface area contributed by atoms with Crippen LogP contribution >= 0.6 is 0 Å². The van der Waals surface area contributed by atoms with E-state index in [2.05, 4.69) is 5.16 Å². The van der Waals surface area contributed by atoms with Crippen LogP contribution in [0.15, 0.2) is 27.6 Å². The van der Waals surface area contributed by atoms with E-state index < -0.39 is 0 Å².